The molecule has 0 spiro atoms. The average molecular weight is 350 g/mol. The van der Waals surface area contributed by atoms with Gasteiger partial charge in [-0.25, -0.2) is 0 Å². The van der Waals surface area contributed by atoms with Crippen LogP contribution < -0.4 is 5.32 Å². The summed E-state index contributed by atoms with van der Waals surface area (Å²) in [7, 11) is 0. The molecule has 26 heavy (non-hydrogen) atoms. The molecule has 1 N–H and O–H groups in total. The number of likely N-dealkylation sites (tertiary alicyclic amines) is 1. The van der Waals surface area contributed by atoms with E-state index in [0.717, 1.165) is 49.9 Å². The lowest BCUT2D eigenvalue weighted by molar-refractivity contribution is -0.127. The van der Waals surface area contributed by atoms with Crippen LogP contribution in [0.1, 0.15) is 40.7 Å². The van der Waals surface area contributed by atoms with E-state index in [1.165, 1.54) is 5.56 Å². The summed E-state index contributed by atoms with van der Waals surface area (Å²) in [5, 5.41) is 3.00. The van der Waals surface area contributed by atoms with Crippen molar-refractivity contribution < 1.29 is 9.59 Å². The Labute approximate surface area is 155 Å². The molecule has 4 heteroatoms. The fourth-order valence-corrected chi connectivity index (χ4v) is 3.39. The van der Waals surface area contributed by atoms with Crippen LogP contribution >= 0.6 is 0 Å². The van der Waals surface area contributed by atoms with Gasteiger partial charge in [-0.1, -0.05) is 48.5 Å². The van der Waals surface area contributed by atoms with Crippen LogP contribution in [0.2, 0.25) is 0 Å². The van der Waals surface area contributed by atoms with Crippen LogP contribution in [0.25, 0.3) is 0 Å². The fourth-order valence-electron chi connectivity index (χ4n) is 3.39. The smallest absolute Gasteiger partial charge is 0.251 e. The third kappa shape index (κ3) is 4.94. The zero-order valence-corrected chi connectivity index (χ0v) is 15.1. The summed E-state index contributed by atoms with van der Waals surface area (Å²) in [6.45, 7) is 2.18. The first-order chi connectivity index (χ1) is 12.7. The Morgan fingerprint density at radius 1 is 1.00 bits per heavy atom. The van der Waals surface area contributed by atoms with Crippen LogP contribution in [-0.2, 0) is 17.6 Å². The largest absolute Gasteiger partial charge is 0.352 e. The second-order valence-electron chi connectivity index (χ2n) is 6.74. The molecule has 0 aromatic heterocycles. The molecular formula is C22H26N2O2. The lowest BCUT2D eigenvalue weighted by atomic mass is 9.99. The molecule has 0 radical (unpaired) electrons. The first kappa shape index (κ1) is 18.2. The van der Waals surface area contributed by atoms with E-state index < -0.39 is 0 Å². The number of nitrogens with zero attached hydrogens (tertiary/aromatic N) is 1. The minimum atomic E-state index is -0.0265. The first-order valence-corrected chi connectivity index (χ1v) is 9.42. The highest BCUT2D eigenvalue weighted by molar-refractivity contribution is 5.95. The van der Waals surface area contributed by atoms with E-state index in [9.17, 15) is 9.59 Å². The first-order valence-electron chi connectivity index (χ1n) is 9.42. The molecule has 0 atom stereocenters. The molecule has 4 nitrogen and oxygen atoms in total. The van der Waals surface area contributed by atoms with E-state index in [0.29, 0.717) is 13.0 Å². The van der Waals surface area contributed by atoms with Gasteiger partial charge in [0.25, 0.3) is 5.91 Å². The Morgan fingerprint density at radius 3 is 2.54 bits per heavy atom. The van der Waals surface area contributed by atoms with E-state index in [1.807, 2.05) is 47.4 Å². The van der Waals surface area contributed by atoms with Gasteiger partial charge in [0.1, 0.15) is 0 Å². The van der Waals surface area contributed by atoms with Gasteiger partial charge in [0.2, 0.25) is 5.91 Å². The molecule has 0 aliphatic carbocycles. The number of amides is 2. The highest BCUT2D eigenvalue weighted by atomic mass is 16.2. The third-order valence-corrected chi connectivity index (χ3v) is 4.85. The Bertz CT molecular complexity index is 743. The summed E-state index contributed by atoms with van der Waals surface area (Å²) in [4.78, 5) is 26.0. The Kier molecular flexibility index (Phi) is 6.42. The maximum Gasteiger partial charge on any atom is 0.251 e. The van der Waals surface area contributed by atoms with Crippen molar-refractivity contribution in [3.8, 4) is 0 Å². The number of hydrogen-bond donors (Lipinski definition) is 1. The highest BCUT2D eigenvalue weighted by Gasteiger charge is 2.19. The predicted molar refractivity (Wildman–Crippen MR) is 103 cm³/mol. The molecule has 1 fully saturated rings. The lowest BCUT2D eigenvalue weighted by Crippen LogP contribution is -2.31. The van der Waals surface area contributed by atoms with Crippen LogP contribution in [0.5, 0.6) is 0 Å². The number of rotatable bonds is 8. The average Bonchev–Trinajstić information content (AvgIpc) is 3.09. The van der Waals surface area contributed by atoms with Crippen molar-refractivity contribution in [2.24, 2.45) is 0 Å². The summed E-state index contributed by atoms with van der Waals surface area (Å²) in [6, 6.07) is 18.1. The van der Waals surface area contributed by atoms with Gasteiger partial charge in [0, 0.05) is 31.6 Å². The topological polar surface area (TPSA) is 49.4 Å². The van der Waals surface area contributed by atoms with Gasteiger partial charge in [0.15, 0.2) is 0 Å². The van der Waals surface area contributed by atoms with Gasteiger partial charge in [-0.15, -0.1) is 0 Å². The van der Waals surface area contributed by atoms with Gasteiger partial charge in [0.05, 0.1) is 0 Å². The van der Waals surface area contributed by atoms with Crippen molar-refractivity contribution >= 4 is 11.8 Å². The van der Waals surface area contributed by atoms with E-state index in [1.54, 1.807) is 0 Å². The maximum absolute atomic E-state index is 12.5. The number of nitrogens with one attached hydrogen (secondary N) is 1. The van der Waals surface area contributed by atoms with Crippen LogP contribution in [0, 0.1) is 0 Å². The molecule has 136 valence electrons. The fraction of sp³-hybridized carbons (Fsp3) is 0.364. The molecule has 1 aliphatic heterocycles. The zero-order chi connectivity index (χ0) is 18.2. The number of carbonyl (C=O) groups is 2. The molecule has 1 aliphatic rings. The summed E-state index contributed by atoms with van der Waals surface area (Å²) < 4.78 is 0. The molecule has 0 bridgehead atoms. The lowest BCUT2D eigenvalue weighted by Gasteiger charge is -2.15. The molecule has 2 aromatic rings. The van der Waals surface area contributed by atoms with E-state index >= 15 is 0 Å². The van der Waals surface area contributed by atoms with Gasteiger partial charge in [-0.3, -0.25) is 9.59 Å². The van der Waals surface area contributed by atoms with Crippen molar-refractivity contribution in [2.75, 3.05) is 19.6 Å². The number of carbonyl (C=O) groups excluding carboxylic acids is 2. The van der Waals surface area contributed by atoms with Crippen LogP contribution in [0.4, 0.5) is 0 Å². The van der Waals surface area contributed by atoms with Crippen molar-refractivity contribution in [1.29, 1.82) is 0 Å². The summed E-state index contributed by atoms with van der Waals surface area (Å²) in [6.07, 6.45) is 4.18. The van der Waals surface area contributed by atoms with Crippen LogP contribution in [0.15, 0.2) is 54.6 Å². The minimum Gasteiger partial charge on any atom is -0.352 e. The standard InChI is InChI=1S/C22H26N2O2/c25-21-12-6-16-24(21)17-7-15-23-22(26)20-11-5-4-10-19(20)14-13-18-8-2-1-3-9-18/h1-5,8-11H,6-7,12-17H2,(H,23,26). The Balaban J connectivity index is 1.49. The van der Waals surface area contributed by atoms with E-state index in [-0.39, 0.29) is 11.8 Å². The van der Waals surface area contributed by atoms with E-state index in [4.69, 9.17) is 0 Å². The second kappa shape index (κ2) is 9.18. The zero-order valence-electron chi connectivity index (χ0n) is 15.1. The molecule has 3 rings (SSSR count). The number of benzene rings is 2. The normalized spacial score (nSPS) is 13.8. The number of hydrogen-bond acceptors (Lipinski definition) is 2. The Morgan fingerprint density at radius 2 is 1.77 bits per heavy atom. The van der Waals surface area contributed by atoms with Gasteiger partial charge >= 0.3 is 0 Å². The third-order valence-electron chi connectivity index (χ3n) is 4.85. The van der Waals surface area contributed by atoms with Crippen molar-refractivity contribution in [2.45, 2.75) is 32.1 Å². The molecular weight excluding hydrogens is 324 g/mol. The second-order valence-corrected chi connectivity index (χ2v) is 6.74. The van der Waals surface area contributed by atoms with Gasteiger partial charge in [-0.2, -0.15) is 0 Å². The maximum atomic E-state index is 12.5. The Hall–Kier alpha value is -2.62. The van der Waals surface area contributed by atoms with Crippen molar-refractivity contribution in [3.63, 3.8) is 0 Å². The molecule has 2 aromatic carbocycles. The summed E-state index contributed by atoms with van der Waals surface area (Å²) in [5.74, 6) is 0.212. The van der Waals surface area contributed by atoms with Crippen LogP contribution in [-0.4, -0.2) is 36.3 Å². The van der Waals surface area contributed by atoms with Crippen LogP contribution in [0.3, 0.4) is 0 Å². The van der Waals surface area contributed by atoms with Crippen molar-refractivity contribution in [1.82, 2.24) is 10.2 Å². The monoisotopic (exact) mass is 350 g/mol. The molecule has 0 unspecified atom stereocenters. The quantitative estimate of drug-likeness (QED) is 0.743. The molecule has 1 saturated heterocycles. The number of aryl methyl sites for hydroxylation is 2. The predicted octanol–water partition coefficient (Wildman–Crippen LogP) is 3.21. The van der Waals surface area contributed by atoms with Crippen molar-refractivity contribution in [3.05, 3.63) is 71.3 Å². The summed E-state index contributed by atoms with van der Waals surface area (Å²) in [5.41, 5.74) is 3.10. The molecule has 0 saturated carbocycles. The van der Waals surface area contributed by atoms with E-state index in [2.05, 4.69) is 17.4 Å². The molecule has 2 amide bonds. The SMILES string of the molecule is O=C(NCCCN1CCCC1=O)c1ccccc1CCc1ccccc1. The summed E-state index contributed by atoms with van der Waals surface area (Å²) >= 11 is 0. The van der Waals surface area contributed by atoms with Gasteiger partial charge in [-0.05, 0) is 42.9 Å². The highest BCUT2D eigenvalue weighted by Crippen LogP contribution is 2.13. The minimum absolute atomic E-state index is 0.0265. The van der Waals surface area contributed by atoms with Gasteiger partial charge < -0.3 is 10.2 Å². The molecule has 1 heterocycles.